The van der Waals surface area contributed by atoms with Gasteiger partial charge in [-0.15, -0.1) is 0 Å². The lowest BCUT2D eigenvalue weighted by atomic mass is 9.91. The molecule has 9 heteroatoms. The van der Waals surface area contributed by atoms with Crippen molar-refractivity contribution in [2.24, 2.45) is 4.99 Å². The summed E-state index contributed by atoms with van der Waals surface area (Å²) in [4.78, 5) is 32.9. The van der Waals surface area contributed by atoms with Crippen molar-refractivity contribution >= 4 is 34.5 Å². The van der Waals surface area contributed by atoms with E-state index in [1.807, 2.05) is 59.7 Å². The van der Waals surface area contributed by atoms with Crippen LogP contribution in [0.1, 0.15) is 37.4 Å². The standard InChI is InChI=1S/C27H29N3O5S/c1-5-28-22(31)15-19-16-36-27-29-24(17-10-8-7-9-11-17)23(26(32)35-6-2)25(30(19)27)18-12-13-20(33-3)21(14-18)34-4/h7-14,16,25H,5-6,15H2,1-4H3,(H,28,31)/t25-/m1/s1. The Balaban J connectivity index is 1.93. The molecule has 0 saturated carbocycles. The summed E-state index contributed by atoms with van der Waals surface area (Å²) >= 11 is 1.43. The Kier molecular flexibility index (Phi) is 8.00. The molecular weight excluding hydrogens is 478 g/mol. The molecule has 8 nitrogen and oxygen atoms in total. The molecule has 2 aliphatic rings. The summed E-state index contributed by atoms with van der Waals surface area (Å²) in [5.74, 6) is 0.537. The molecule has 2 aliphatic heterocycles. The predicted molar refractivity (Wildman–Crippen MR) is 141 cm³/mol. The topological polar surface area (TPSA) is 89.5 Å². The van der Waals surface area contributed by atoms with E-state index in [-0.39, 0.29) is 18.9 Å². The zero-order chi connectivity index (χ0) is 25.7. The molecule has 0 unspecified atom stereocenters. The van der Waals surface area contributed by atoms with Crippen molar-refractivity contribution in [3.63, 3.8) is 0 Å². The molecule has 4 rings (SSSR count). The van der Waals surface area contributed by atoms with E-state index < -0.39 is 12.0 Å². The third kappa shape index (κ3) is 4.97. The maximum Gasteiger partial charge on any atom is 0.338 e. The average Bonchev–Trinajstić information content (AvgIpc) is 3.30. The highest BCUT2D eigenvalue weighted by Gasteiger charge is 2.42. The van der Waals surface area contributed by atoms with Crippen LogP contribution < -0.4 is 14.8 Å². The van der Waals surface area contributed by atoms with Gasteiger partial charge in [-0.05, 0) is 37.0 Å². The van der Waals surface area contributed by atoms with Crippen LogP contribution in [0.5, 0.6) is 11.5 Å². The van der Waals surface area contributed by atoms with Gasteiger partial charge in [0.2, 0.25) is 5.91 Å². The van der Waals surface area contributed by atoms with Crippen molar-refractivity contribution in [2.75, 3.05) is 27.4 Å². The maximum atomic E-state index is 13.5. The molecule has 1 atom stereocenters. The molecule has 0 fully saturated rings. The van der Waals surface area contributed by atoms with Crippen LogP contribution >= 0.6 is 11.8 Å². The van der Waals surface area contributed by atoms with Gasteiger partial charge < -0.3 is 24.4 Å². The van der Waals surface area contributed by atoms with E-state index in [0.29, 0.717) is 34.5 Å². The first kappa shape index (κ1) is 25.4. The molecular formula is C27H29N3O5S. The smallest absolute Gasteiger partial charge is 0.338 e. The van der Waals surface area contributed by atoms with E-state index in [4.69, 9.17) is 19.2 Å². The lowest BCUT2D eigenvalue weighted by Crippen LogP contribution is -2.38. The number of benzene rings is 2. The van der Waals surface area contributed by atoms with Crippen LogP contribution in [-0.4, -0.2) is 49.3 Å². The Bertz CT molecular complexity index is 1240. The second kappa shape index (κ2) is 11.3. The van der Waals surface area contributed by atoms with Gasteiger partial charge in [0.1, 0.15) is 0 Å². The number of methoxy groups -OCH3 is 2. The zero-order valence-electron chi connectivity index (χ0n) is 20.7. The van der Waals surface area contributed by atoms with E-state index in [1.54, 1.807) is 27.2 Å². The largest absolute Gasteiger partial charge is 0.493 e. The number of aliphatic imine (C=N–C) groups is 1. The summed E-state index contributed by atoms with van der Waals surface area (Å²) in [6, 6.07) is 14.5. The number of carbonyl (C=O) groups excluding carboxylic acids is 2. The number of amides is 1. The molecule has 0 saturated heterocycles. The molecule has 1 N–H and O–H groups in total. The summed E-state index contributed by atoms with van der Waals surface area (Å²) in [6.45, 7) is 4.40. The highest BCUT2D eigenvalue weighted by Crippen LogP contribution is 2.48. The zero-order valence-corrected chi connectivity index (χ0v) is 21.6. The van der Waals surface area contributed by atoms with E-state index in [2.05, 4.69) is 5.32 Å². The summed E-state index contributed by atoms with van der Waals surface area (Å²) in [5.41, 5.74) is 3.26. The number of nitrogens with one attached hydrogen (secondary N) is 1. The lowest BCUT2D eigenvalue weighted by molar-refractivity contribution is -0.139. The maximum absolute atomic E-state index is 13.5. The molecule has 0 aliphatic carbocycles. The highest BCUT2D eigenvalue weighted by molar-refractivity contribution is 8.16. The van der Waals surface area contributed by atoms with Gasteiger partial charge in [0.25, 0.3) is 0 Å². The van der Waals surface area contributed by atoms with Crippen molar-refractivity contribution < 1.29 is 23.8 Å². The quantitative estimate of drug-likeness (QED) is 0.500. The first-order valence-corrected chi connectivity index (χ1v) is 12.6. The molecule has 0 aromatic heterocycles. The van der Waals surface area contributed by atoms with E-state index >= 15 is 0 Å². The molecule has 0 radical (unpaired) electrons. The van der Waals surface area contributed by atoms with Crippen LogP contribution in [0.4, 0.5) is 0 Å². The number of thioether (sulfide) groups is 1. The fourth-order valence-corrected chi connectivity index (χ4v) is 5.17. The number of fused-ring (bicyclic) bond motifs is 1. The van der Waals surface area contributed by atoms with Crippen molar-refractivity contribution in [1.29, 1.82) is 0 Å². The van der Waals surface area contributed by atoms with Crippen LogP contribution in [0.2, 0.25) is 0 Å². The lowest BCUT2D eigenvalue weighted by Gasteiger charge is -2.37. The number of hydrogen-bond donors (Lipinski definition) is 1. The first-order valence-electron chi connectivity index (χ1n) is 11.7. The molecule has 36 heavy (non-hydrogen) atoms. The molecule has 188 valence electrons. The fourth-order valence-electron chi connectivity index (χ4n) is 4.25. The number of nitrogens with zero attached hydrogens (tertiary/aromatic N) is 2. The molecule has 2 heterocycles. The third-order valence-electron chi connectivity index (χ3n) is 5.79. The van der Waals surface area contributed by atoms with Gasteiger partial charge in [0.05, 0.1) is 44.6 Å². The van der Waals surface area contributed by atoms with Crippen molar-refractivity contribution in [3.05, 3.63) is 76.3 Å². The monoisotopic (exact) mass is 507 g/mol. The van der Waals surface area contributed by atoms with E-state index in [9.17, 15) is 9.59 Å². The van der Waals surface area contributed by atoms with Crippen molar-refractivity contribution in [1.82, 2.24) is 10.2 Å². The van der Waals surface area contributed by atoms with Crippen molar-refractivity contribution in [3.8, 4) is 11.5 Å². The van der Waals surface area contributed by atoms with E-state index in [0.717, 1.165) is 16.8 Å². The van der Waals surface area contributed by atoms with Crippen molar-refractivity contribution in [2.45, 2.75) is 26.3 Å². The Hall–Kier alpha value is -3.72. The predicted octanol–water partition coefficient (Wildman–Crippen LogP) is 4.51. The van der Waals surface area contributed by atoms with E-state index in [1.165, 1.54) is 11.8 Å². The Morgan fingerprint density at radius 2 is 1.81 bits per heavy atom. The number of esters is 1. The number of hydrogen-bond acceptors (Lipinski definition) is 8. The number of amidine groups is 1. The average molecular weight is 508 g/mol. The molecule has 0 bridgehead atoms. The summed E-state index contributed by atoms with van der Waals surface area (Å²) in [6.07, 6.45) is 0.153. The Morgan fingerprint density at radius 1 is 1.06 bits per heavy atom. The third-order valence-corrected chi connectivity index (χ3v) is 6.68. The van der Waals surface area contributed by atoms with Gasteiger partial charge in [0.15, 0.2) is 16.7 Å². The van der Waals surface area contributed by atoms with Crippen LogP contribution in [0.3, 0.4) is 0 Å². The van der Waals surface area contributed by atoms with Crippen LogP contribution in [0.25, 0.3) is 5.70 Å². The van der Waals surface area contributed by atoms with Gasteiger partial charge in [0, 0.05) is 17.8 Å². The van der Waals surface area contributed by atoms with Crippen LogP contribution in [0, 0.1) is 0 Å². The Morgan fingerprint density at radius 3 is 2.47 bits per heavy atom. The second-order valence-electron chi connectivity index (χ2n) is 7.99. The minimum absolute atomic E-state index is 0.104. The molecule has 2 aromatic carbocycles. The highest BCUT2D eigenvalue weighted by atomic mass is 32.2. The number of carbonyl (C=O) groups is 2. The second-order valence-corrected chi connectivity index (χ2v) is 8.82. The van der Waals surface area contributed by atoms with Gasteiger partial charge in [-0.25, -0.2) is 9.79 Å². The molecule has 0 spiro atoms. The number of rotatable bonds is 9. The van der Waals surface area contributed by atoms with Gasteiger partial charge in [-0.1, -0.05) is 48.2 Å². The number of ether oxygens (including phenoxy) is 3. The van der Waals surface area contributed by atoms with Gasteiger partial charge in [-0.2, -0.15) is 0 Å². The van der Waals surface area contributed by atoms with Gasteiger partial charge >= 0.3 is 5.97 Å². The minimum Gasteiger partial charge on any atom is -0.493 e. The minimum atomic E-state index is -0.595. The van der Waals surface area contributed by atoms with Crippen LogP contribution in [0.15, 0.2) is 70.2 Å². The Labute approximate surface area is 215 Å². The molecule has 1 amide bonds. The summed E-state index contributed by atoms with van der Waals surface area (Å²) < 4.78 is 16.5. The summed E-state index contributed by atoms with van der Waals surface area (Å²) in [5, 5.41) is 5.45. The normalized spacial score (nSPS) is 16.7. The fraction of sp³-hybridized carbons (Fsp3) is 0.296. The molecule has 2 aromatic rings. The SMILES string of the molecule is CCNC(=O)CC1=CSC2=NC(c3ccccc3)=C(C(=O)OCC)[C@@H](c3ccc(OC)c(OC)c3)N12. The first-order chi connectivity index (χ1) is 17.5. The summed E-state index contributed by atoms with van der Waals surface area (Å²) in [7, 11) is 3.14. The van der Waals surface area contributed by atoms with Crippen LogP contribution in [-0.2, 0) is 14.3 Å². The van der Waals surface area contributed by atoms with Gasteiger partial charge in [-0.3, -0.25) is 4.79 Å².